The Balaban J connectivity index is 1.96. The Morgan fingerprint density at radius 1 is 1.40 bits per heavy atom. The van der Waals surface area contributed by atoms with Gasteiger partial charge in [0.1, 0.15) is 5.78 Å². The minimum atomic E-state index is 0.256. The summed E-state index contributed by atoms with van der Waals surface area (Å²) in [5.41, 5.74) is 1.36. The van der Waals surface area contributed by atoms with Crippen LogP contribution in [0.4, 0.5) is 0 Å². The molecule has 0 aromatic carbocycles. The molecule has 0 saturated heterocycles. The summed E-state index contributed by atoms with van der Waals surface area (Å²) in [4.78, 5) is 12.0. The van der Waals surface area contributed by atoms with Gasteiger partial charge in [0, 0.05) is 11.8 Å². The SMILES string of the molecule is CC(C)=CCCC1C(=O)C2C=CC1CC2. The summed E-state index contributed by atoms with van der Waals surface area (Å²) in [5, 5.41) is 0. The number of hydrogen-bond donors (Lipinski definition) is 0. The number of hydrogen-bond acceptors (Lipinski definition) is 1. The van der Waals surface area contributed by atoms with Crippen LogP contribution in [0.3, 0.4) is 0 Å². The first kappa shape index (κ1) is 10.7. The Morgan fingerprint density at radius 3 is 2.73 bits per heavy atom. The summed E-state index contributed by atoms with van der Waals surface area (Å²) < 4.78 is 0. The quantitative estimate of drug-likeness (QED) is 0.643. The topological polar surface area (TPSA) is 17.1 Å². The largest absolute Gasteiger partial charge is 0.299 e. The van der Waals surface area contributed by atoms with E-state index in [0.717, 1.165) is 19.3 Å². The molecule has 82 valence electrons. The molecule has 0 heterocycles. The highest BCUT2D eigenvalue weighted by molar-refractivity contribution is 5.87. The first-order valence-electron chi connectivity index (χ1n) is 6.04. The molecule has 0 aromatic rings. The zero-order chi connectivity index (χ0) is 10.8. The van der Waals surface area contributed by atoms with Crippen molar-refractivity contribution in [1.29, 1.82) is 0 Å². The van der Waals surface area contributed by atoms with Gasteiger partial charge in [0.15, 0.2) is 0 Å². The molecular formula is C14H20O. The first-order valence-corrected chi connectivity index (χ1v) is 6.04. The van der Waals surface area contributed by atoms with Crippen molar-refractivity contribution in [1.82, 2.24) is 0 Å². The molecule has 3 rings (SSSR count). The van der Waals surface area contributed by atoms with Crippen molar-refractivity contribution in [2.75, 3.05) is 0 Å². The Hall–Kier alpha value is -0.850. The first-order chi connectivity index (χ1) is 7.18. The fourth-order valence-corrected chi connectivity index (χ4v) is 2.81. The minimum Gasteiger partial charge on any atom is -0.299 e. The van der Waals surface area contributed by atoms with Gasteiger partial charge in [-0.25, -0.2) is 0 Å². The van der Waals surface area contributed by atoms with Gasteiger partial charge in [0.05, 0.1) is 0 Å². The van der Waals surface area contributed by atoms with E-state index < -0.39 is 0 Å². The van der Waals surface area contributed by atoms with Crippen molar-refractivity contribution < 1.29 is 4.79 Å². The van der Waals surface area contributed by atoms with E-state index in [4.69, 9.17) is 0 Å². The normalized spacial score (nSPS) is 33.2. The molecule has 1 fully saturated rings. The second kappa shape index (κ2) is 4.34. The van der Waals surface area contributed by atoms with Crippen LogP contribution < -0.4 is 0 Å². The van der Waals surface area contributed by atoms with Gasteiger partial charge in [0.2, 0.25) is 0 Å². The van der Waals surface area contributed by atoms with E-state index in [-0.39, 0.29) is 5.92 Å². The predicted octanol–water partition coefficient (Wildman–Crippen LogP) is 3.51. The number of Topliss-reactive ketones (excluding diaryl/α,β-unsaturated/α-hetero) is 1. The number of rotatable bonds is 3. The highest BCUT2D eigenvalue weighted by atomic mass is 16.1. The molecule has 1 heteroatoms. The standard InChI is InChI=1S/C14H20O/c1-10(2)4-3-5-13-11-6-8-12(9-7-11)14(13)15/h4,6,8,11-13H,3,5,7,9H2,1-2H3. The lowest BCUT2D eigenvalue weighted by atomic mass is 9.67. The van der Waals surface area contributed by atoms with Gasteiger partial charge in [-0.15, -0.1) is 0 Å². The maximum absolute atomic E-state index is 12.0. The van der Waals surface area contributed by atoms with Crippen molar-refractivity contribution in [3.63, 3.8) is 0 Å². The van der Waals surface area contributed by atoms with Crippen molar-refractivity contribution >= 4 is 5.78 Å². The molecule has 3 unspecified atom stereocenters. The van der Waals surface area contributed by atoms with E-state index in [9.17, 15) is 4.79 Å². The van der Waals surface area contributed by atoms with Crippen LogP contribution in [0.1, 0.15) is 39.5 Å². The molecule has 1 nitrogen and oxygen atoms in total. The van der Waals surface area contributed by atoms with Crippen molar-refractivity contribution in [2.45, 2.75) is 39.5 Å². The maximum atomic E-state index is 12.0. The van der Waals surface area contributed by atoms with Crippen LogP contribution in [-0.4, -0.2) is 5.78 Å². The third-order valence-corrected chi connectivity index (χ3v) is 3.68. The lowest BCUT2D eigenvalue weighted by Crippen LogP contribution is -2.36. The third kappa shape index (κ3) is 2.22. The number of carbonyl (C=O) groups is 1. The Bertz CT molecular complexity index is 307. The van der Waals surface area contributed by atoms with Gasteiger partial charge in [0.25, 0.3) is 0 Å². The van der Waals surface area contributed by atoms with Crippen LogP contribution in [0.15, 0.2) is 23.8 Å². The lowest BCUT2D eigenvalue weighted by Gasteiger charge is -2.36. The molecule has 1 saturated carbocycles. The maximum Gasteiger partial charge on any atom is 0.143 e. The average molecular weight is 204 g/mol. The molecule has 3 aliphatic carbocycles. The highest BCUT2D eigenvalue weighted by Gasteiger charge is 2.38. The van der Waals surface area contributed by atoms with E-state index in [2.05, 4.69) is 32.1 Å². The molecule has 3 aliphatic rings. The molecule has 0 amide bonds. The van der Waals surface area contributed by atoms with Crippen molar-refractivity contribution in [3.8, 4) is 0 Å². The number of fused-ring (bicyclic) bond motifs is 2. The second-order valence-corrected chi connectivity index (χ2v) is 5.10. The molecule has 0 N–H and O–H groups in total. The Kier molecular flexibility index (Phi) is 3.08. The second-order valence-electron chi connectivity index (χ2n) is 5.10. The summed E-state index contributed by atoms with van der Waals surface area (Å²) in [6, 6.07) is 0. The molecular weight excluding hydrogens is 184 g/mol. The van der Waals surface area contributed by atoms with Crippen molar-refractivity contribution in [3.05, 3.63) is 23.8 Å². The fraction of sp³-hybridized carbons (Fsp3) is 0.643. The zero-order valence-corrected chi connectivity index (χ0v) is 9.70. The summed E-state index contributed by atoms with van der Waals surface area (Å²) in [5.74, 6) is 1.64. The van der Waals surface area contributed by atoms with Gasteiger partial charge in [-0.2, -0.15) is 0 Å². The van der Waals surface area contributed by atoms with E-state index in [1.807, 2.05) is 0 Å². The summed E-state index contributed by atoms with van der Waals surface area (Å²) >= 11 is 0. The summed E-state index contributed by atoms with van der Waals surface area (Å²) in [6.45, 7) is 4.24. The van der Waals surface area contributed by atoms with Crippen LogP contribution >= 0.6 is 0 Å². The molecule has 0 spiro atoms. The van der Waals surface area contributed by atoms with Crippen LogP contribution in [0.2, 0.25) is 0 Å². The molecule has 3 atom stereocenters. The van der Waals surface area contributed by atoms with Crippen molar-refractivity contribution in [2.24, 2.45) is 17.8 Å². The Labute approximate surface area is 92.3 Å². The van der Waals surface area contributed by atoms with Crippen LogP contribution in [0, 0.1) is 17.8 Å². The van der Waals surface area contributed by atoms with E-state index >= 15 is 0 Å². The van der Waals surface area contributed by atoms with Crippen LogP contribution in [-0.2, 0) is 4.79 Å². The highest BCUT2D eigenvalue weighted by Crippen LogP contribution is 2.39. The number of carbonyl (C=O) groups excluding carboxylic acids is 1. The van der Waals surface area contributed by atoms with Gasteiger partial charge in [-0.3, -0.25) is 4.79 Å². The van der Waals surface area contributed by atoms with Gasteiger partial charge in [-0.05, 0) is 45.4 Å². The van der Waals surface area contributed by atoms with E-state index in [1.165, 1.54) is 12.0 Å². The molecule has 15 heavy (non-hydrogen) atoms. The smallest absolute Gasteiger partial charge is 0.143 e. The summed E-state index contributed by atoms with van der Waals surface area (Å²) in [7, 11) is 0. The fourth-order valence-electron chi connectivity index (χ4n) is 2.81. The average Bonchev–Trinajstić information content (AvgIpc) is 2.22. The third-order valence-electron chi connectivity index (χ3n) is 3.68. The van der Waals surface area contributed by atoms with Crippen LogP contribution in [0.5, 0.6) is 0 Å². The number of ketones is 1. The summed E-state index contributed by atoms with van der Waals surface area (Å²) in [6.07, 6.45) is 11.1. The monoisotopic (exact) mass is 204 g/mol. The Morgan fingerprint density at radius 2 is 2.20 bits per heavy atom. The molecule has 0 aliphatic heterocycles. The molecule has 0 radical (unpaired) electrons. The zero-order valence-electron chi connectivity index (χ0n) is 9.70. The van der Waals surface area contributed by atoms with Gasteiger partial charge >= 0.3 is 0 Å². The van der Waals surface area contributed by atoms with E-state index in [1.54, 1.807) is 0 Å². The van der Waals surface area contributed by atoms with Gasteiger partial charge < -0.3 is 0 Å². The minimum absolute atomic E-state index is 0.256. The number of allylic oxidation sites excluding steroid dienone is 4. The van der Waals surface area contributed by atoms with E-state index in [0.29, 0.717) is 17.6 Å². The molecule has 2 bridgehead atoms. The van der Waals surface area contributed by atoms with Crippen LogP contribution in [0.25, 0.3) is 0 Å². The lowest BCUT2D eigenvalue weighted by molar-refractivity contribution is -0.130. The predicted molar refractivity (Wildman–Crippen MR) is 62.5 cm³/mol. The van der Waals surface area contributed by atoms with Gasteiger partial charge in [-0.1, -0.05) is 23.8 Å². The molecule has 0 aromatic heterocycles.